The molecule has 4 aliphatic rings. The molecule has 0 spiro atoms. The number of para-hydroxylation sites is 1. The van der Waals surface area contributed by atoms with Gasteiger partial charge in [0.15, 0.2) is 0 Å². The molecule has 0 aromatic heterocycles. The monoisotopic (exact) mass is 389 g/mol. The van der Waals surface area contributed by atoms with E-state index in [1.807, 2.05) is 30.3 Å². The summed E-state index contributed by atoms with van der Waals surface area (Å²) in [6.07, 6.45) is 0.957. The second-order valence-electron chi connectivity index (χ2n) is 8.54. The molecule has 6 nitrogen and oxygen atoms in total. The third-order valence-corrected chi connectivity index (χ3v) is 6.37. The molecule has 0 aliphatic carbocycles. The minimum Gasteiger partial charge on any atom is -0.307 e. The van der Waals surface area contributed by atoms with E-state index < -0.39 is 0 Å². The Morgan fingerprint density at radius 2 is 1.59 bits per heavy atom. The number of urea groups is 1. The van der Waals surface area contributed by atoms with E-state index in [0.717, 1.165) is 51.4 Å². The van der Waals surface area contributed by atoms with Crippen LogP contribution in [0.2, 0.25) is 0 Å². The van der Waals surface area contributed by atoms with Crippen molar-refractivity contribution in [3.63, 3.8) is 0 Å². The minimum absolute atomic E-state index is 0.0426. The van der Waals surface area contributed by atoms with Crippen LogP contribution in [0.5, 0.6) is 0 Å². The van der Waals surface area contributed by atoms with Crippen LogP contribution in [0.4, 0.5) is 10.5 Å². The van der Waals surface area contributed by atoms with Gasteiger partial charge in [-0.3, -0.25) is 0 Å². The van der Waals surface area contributed by atoms with Gasteiger partial charge in [0.1, 0.15) is 0 Å². The van der Waals surface area contributed by atoms with Crippen molar-refractivity contribution in [2.75, 3.05) is 44.6 Å². The predicted octanol–water partition coefficient (Wildman–Crippen LogP) is 2.65. The molecule has 2 aromatic rings. The lowest BCUT2D eigenvalue weighted by Gasteiger charge is -2.50. The molecule has 4 heterocycles. The van der Waals surface area contributed by atoms with Gasteiger partial charge in [0.2, 0.25) is 0 Å². The Balaban J connectivity index is 1.40. The number of hydrogen-bond acceptors (Lipinski definition) is 4. The van der Waals surface area contributed by atoms with Gasteiger partial charge in [0.05, 0.1) is 5.71 Å². The molecule has 6 rings (SSSR count). The summed E-state index contributed by atoms with van der Waals surface area (Å²) in [5.41, 5.74) is 6.01. The molecular weight excluding hydrogens is 362 g/mol. The highest BCUT2D eigenvalue weighted by Gasteiger charge is 2.52. The lowest BCUT2D eigenvalue weighted by atomic mass is 9.67. The third kappa shape index (κ3) is 3.78. The minimum atomic E-state index is -0.286. The topological polar surface area (TPSA) is 60.0 Å². The Hall–Kier alpha value is -2.70. The average Bonchev–Trinajstić information content (AvgIpc) is 2.96. The SMILES string of the molecule is O=C(N/N=C1/C2CN3CCN(C2)CC1(Cc1ccccc1)C3)Nc1ccccc1. The molecular formula is C23H27N5O. The van der Waals surface area contributed by atoms with Crippen LogP contribution in [0.3, 0.4) is 0 Å². The fourth-order valence-electron chi connectivity index (χ4n) is 5.30. The lowest BCUT2D eigenvalue weighted by molar-refractivity contribution is 0.117. The maximum atomic E-state index is 12.4. The van der Waals surface area contributed by atoms with Gasteiger partial charge in [-0.2, -0.15) is 5.10 Å². The molecule has 0 radical (unpaired) electrons. The van der Waals surface area contributed by atoms with Crippen LogP contribution in [0, 0.1) is 11.3 Å². The maximum absolute atomic E-state index is 12.4. The summed E-state index contributed by atoms with van der Waals surface area (Å²) in [7, 11) is 0. The number of amides is 2. The molecule has 2 amide bonds. The first-order chi connectivity index (χ1) is 14.2. The summed E-state index contributed by atoms with van der Waals surface area (Å²) in [5.74, 6) is 0.376. The molecule has 2 unspecified atom stereocenters. The molecule has 150 valence electrons. The number of piperidine rings is 2. The molecule has 2 N–H and O–H groups in total. The Kier molecular flexibility index (Phi) is 4.81. The van der Waals surface area contributed by atoms with Crippen LogP contribution in [0.25, 0.3) is 0 Å². The predicted molar refractivity (Wildman–Crippen MR) is 115 cm³/mol. The summed E-state index contributed by atoms with van der Waals surface area (Å²) < 4.78 is 0. The number of benzene rings is 2. The molecule has 6 heteroatoms. The third-order valence-electron chi connectivity index (χ3n) is 6.37. The molecule has 2 aromatic carbocycles. The van der Waals surface area contributed by atoms with Gasteiger partial charge in [0, 0.05) is 56.3 Å². The van der Waals surface area contributed by atoms with Crippen molar-refractivity contribution < 1.29 is 4.79 Å². The van der Waals surface area contributed by atoms with Crippen molar-refractivity contribution in [2.24, 2.45) is 16.4 Å². The highest BCUT2D eigenvalue weighted by atomic mass is 16.2. The summed E-state index contributed by atoms with van der Waals surface area (Å²) in [5, 5.41) is 7.59. The first-order valence-electron chi connectivity index (χ1n) is 10.4. The van der Waals surface area contributed by atoms with Gasteiger partial charge < -0.3 is 15.1 Å². The van der Waals surface area contributed by atoms with E-state index in [1.165, 1.54) is 11.3 Å². The number of anilines is 1. The average molecular weight is 390 g/mol. The quantitative estimate of drug-likeness (QED) is 0.791. The summed E-state index contributed by atoms with van der Waals surface area (Å²) >= 11 is 0. The van der Waals surface area contributed by atoms with Crippen molar-refractivity contribution >= 4 is 17.4 Å². The molecule has 4 bridgehead atoms. The number of fused-ring (bicyclic) bond motifs is 1. The molecule has 0 saturated carbocycles. The van der Waals surface area contributed by atoms with E-state index in [0.29, 0.717) is 5.92 Å². The molecule has 29 heavy (non-hydrogen) atoms. The lowest BCUT2D eigenvalue weighted by Crippen LogP contribution is -2.62. The van der Waals surface area contributed by atoms with E-state index in [1.54, 1.807) is 0 Å². The van der Waals surface area contributed by atoms with Gasteiger partial charge in [-0.05, 0) is 24.1 Å². The van der Waals surface area contributed by atoms with Crippen molar-refractivity contribution in [3.8, 4) is 0 Å². The zero-order valence-corrected chi connectivity index (χ0v) is 16.6. The van der Waals surface area contributed by atoms with Crippen LogP contribution in [0.15, 0.2) is 65.8 Å². The zero-order chi connectivity index (χ0) is 19.7. The van der Waals surface area contributed by atoms with E-state index >= 15 is 0 Å². The van der Waals surface area contributed by atoms with Crippen molar-refractivity contribution in [1.29, 1.82) is 0 Å². The fraction of sp³-hybridized carbons (Fsp3) is 0.391. The second-order valence-corrected chi connectivity index (χ2v) is 8.54. The van der Waals surface area contributed by atoms with E-state index in [2.05, 4.69) is 50.9 Å². The molecule has 4 aliphatic heterocycles. The van der Waals surface area contributed by atoms with Gasteiger partial charge in [-0.25, -0.2) is 10.2 Å². The van der Waals surface area contributed by atoms with Crippen molar-refractivity contribution in [2.45, 2.75) is 6.42 Å². The normalized spacial score (nSPS) is 31.4. The Bertz CT molecular complexity index is 882. The van der Waals surface area contributed by atoms with Gasteiger partial charge in [0.25, 0.3) is 0 Å². The zero-order valence-electron chi connectivity index (χ0n) is 16.6. The molecule has 4 saturated heterocycles. The number of nitrogens with zero attached hydrogens (tertiary/aromatic N) is 3. The van der Waals surface area contributed by atoms with Crippen molar-refractivity contribution in [1.82, 2.24) is 15.2 Å². The first-order valence-corrected chi connectivity index (χ1v) is 10.4. The number of carbonyl (C=O) groups is 1. The van der Waals surface area contributed by atoms with Crippen LogP contribution in [0.1, 0.15) is 5.56 Å². The maximum Gasteiger partial charge on any atom is 0.339 e. The summed E-state index contributed by atoms with van der Waals surface area (Å²) in [6, 6.07) is 19.9. The number of hydrogen-bond donors (Lipinski definition) is 2. The van der Waals surface area contributed by atoms with Gasteiger partial charge in [-0.15, -0.1) is 0 Å². The highest BCUT2D eigenvalue weighted by Crippen LogP contribution is 2.40. The fourth-order valence-corrected chi connectivity index (χ4v) is 5.30. The Labute approximate surface area is 171 Å². The standard InChI is InChI=1S/C23H27N5O/c29-22(24-20-9-5-2-6-10-20)26-25-21-19-14-27-11-12-28(15-19)17-23(21,16-27)13-18-7-3-1-4-8-18/h1-10,19H,11-17H2,(H2,24,26,29)/b25-21-. The first kappa shape index (κ1) is 18.3. The Morgan fingerprint density at radius 3 is 2.24 bits per heavy atom. The van der Waals surface area contributed by atoms with E-state index in [-0.39, 0.29) is 11.4 Å². The van der Waals surface area contributed by atoms with Crippen LogP contribution < -0.4 is 10.7 Å². The van der Waals surface area contributed by atoms with Crippen LogP contribution in [-0.4, -0.2) is 60.8 Å². The molecule has 2 atom stereocenters. The van der Waals surface area contributed by atoms with E-state index in [9.17, 15) is 4.79 Å². The number of carbonyl (C=O) groups excluding carboxylic acids is 1. The van der Waals surface area contributed by atoms with Gasteiger partial charge >= 0.3 is 6.03 Å². The van der Waals surface area contributed by atoms with Crippen LogP contribution in [-0.2, 0) is 6.42 Å². The second kappa shape index (κ2) is 7.61. The summed E-state index contributed by atoms with van der Waals surface area (Å²) in [6.45, 7) is 6.34. The largest absolute Gasteiger partial charge is 0.339 e. The van der Waals surface area contributed by atoms with Crippen LogP contribution >= 0.6 is 0 Å². The number of nitrogens with one attached hydrogen (secondary N) is 2. The number of hydrazone groups is 1. The molecule has 4 fully saturated rings. The highest BCUT2D eigenvalue weighted by molar-refractivity contribution is 5.97. The smallest absolute Gasteiger partial charge is 0.307 e. The van der Waals surface area contributed by atoms with E-state index in [4.69, 9.17) is 5.10 Å². The Morgan fingerprint density at radius 1 is 0.966 bits per heavy atom. The van der Waals surface area contributed by atoms with Gasteiger partial charge in [-0.1, -0.05) is 48.5 Å². The number of rotatable bonds is 4. The summed E-state index contributed by atoms with van der Waals surface area (Å²) in [4.78, 5) is 17.6. The van der Waals surface area contributed by atoms with Crippen molar-refractivity contribution in [3.05, 3.63) is 66.2 Å².